The molecule has 0 N–H and O–H groups in total. The molecule has 1 unspecified atom stereocenters. The van der Waals surface area contributed by atoms with Crippen LogP contribution in [0.4, 0.5) is 0 Å². The van der Waals surface area contributed by atoms with Crippen molar-refractivity contribution in [2.24, 2.45) is 5.41 Å². The van der Waals surface area contributed by atoms with Gasteiger partial charge in [0.1, 0.15) is 0 Å². The van der Waals surface area contributed by atoms with E-state index < -0.39 is 0 Å². The summed E-state index contributed by atoms with van der Waals surface area (Å²) in [6, 6.07) is 0. The number of alkyl halides is 1. The second-order valence-corrected chi connectivity index (χ2v) is 4.55. The number of halogens is 1. The third-order valence-electron chi connectivity index (χ3n) is 3.35. The Hall–Kier alpha value is 0.210. The van der Waals surface area contributed by atoms with E-state index >= 15 is 0 Å². The third kappa shape index (κ3) is 2.17. The van der Waals surface area contributed by atoms with Gasteiger partial charge in [0.25, 0.3) is 0 Å². The van der Waals surface area contributed by atoms with Crippen molar-refractivity contribution in [2.75, 3.05) is 25.7 Å². The largest absolute Gasteiger partial charge is 0.381 e. The predicted molar refractivity (Wildman–Crippen MR) is 52.2 cm³/mol. The van der Waals surface area contributed by atoms with Gasteiger partial charge in [0.2, 0.25) is 0 Å². The Morgan fingerprint density at radius 3 is 2.54 bits per heavy atom. The average Bonchev–Trinajstić information content (AvgIpc) is 2.20. The van der Waals surface area contributed by atoms with Crippen LogP contribution in [0.2, 0.25) is 0 Å². The van der Waals surface area contributed by atoms with Crippen LogP contribution in [-0.2, 0) is 9.47 Å². The summed E-state index contributed by atoms with van der Waals surface area (Å²) in [5, 5.41) is 0. The third-order valence-corrected chi connectivity index (χ3v) is 3.69. The van der Waals surface area contributed by atoms with Gasteiger partial charge >= 0.3 is 0 Å². The van der Waals surface area contributed by atoms with Gasteiger partial charge in [0.05, 0.1) is 12.7 Å². The van der Waals surface area contributed by atoms with Crippen molar-refractivity contribution in [2.45, 2.75) is 31.8 Å². The fourth-order valence-corrected chi connectivity index (χ4v) is 2.48. The summed E-state index contributed by atoms with van der Waals surface area (Å²) in [6.07, 6.45) is 5.04. The van der Waals surface area contributed by atoms with Crippen molar-refractivity contribution in [3.8, 4) is 0 Å². The van der Waals surface area contributed by atoms with Crippen molar-refractivity contribution >= 4 is 11.6 Å². The fraction of sp³-hybridized carbons (Fsp3) is 1.00. The Bertz CT molecular complexity index is 156. The molecule has 1 spiro atoms. The van der Waals surface area contributed by atoms with E-state index in [0.29, 0.717) is 17.4 Å². The molecule has 0 radical (unpaired) electrons. The zero-order chi connectivity index (χ0) is 9.15. The molecule has 0 aliphatic carbocycles. The van der Waals surface area contributed by atoms with Gasteiger partial charge in [0, 0.05) is 19.1 Å². The quantitative estimate of drug-likeness (QED) is 0.610. The van der Waals surface area contributed by atoms with Gasteiger partial charge in [-0.3, -0.25) is 0 Å². The van der Waals surface area contributed by atoms with Crippen molar-refractivity contribution in [3.63, 3.8) is 0 Å². The molecule has 0 bridgehead atoms. The molecule has 2 aliphatic heterocycles. The smallest absolute Gasteiger partial charge is 0.0710 e. The number of rotatable bonds is 1. The maximum Gasteiger partial charge on any atom is 0.0710 e. The average molecular weight is 205 g/mol. The summed E-state index contributed by atoms with van der Waals surface area (Å²) in [5.74, 6) is 0.645. The number of hydrogen-bond donors (Lipinski definition) is 0. The summed E-state index contributed by atoms with van der Waals surface area (Å²) in [7, 11) is 0. The van der Waals surface area contributed by atoms with E-state index in [0.717, 1.165) is 26.2 Å². The van der Waals surface area contributed by atoms with E-state index in [1.807, 2.05) is 0 Å². The first kappa shape index (κ1) is 9.75. The SMILES string of the molecule is ClCC1CCC2(CCOCC2)CO1. The molecule has 2 fully saturated rings. The molecule has 0 amide bonds. The molecular formula is C10H17ClO2. The minimum atomic E-state index is 0.301. The van der Waals surface area contributed by atoms with Crippen molar-refractivity contribution in [1.82, 2.24) is 0 Å². The number of hydrogen-bond acceptors (Lipinski definition) is 2. The second kappa shape index (κ2) is 4.16. The van der Waals surface area contributed by atoms with Crippen LogP contribution in [0.15, 0.2) is 0 Å². The topological polar surface area (TPSA) is 18.5 Å². The van der Waals surface area contributed by atoms with Crippen LogP contribution in [0, 0.1) is 5.41 Å². The summed E-state index contributed by atoms with van der Waals surface area (Å²) >= 11 is 5.76. The highest BCUT2D eigenvalue weighted by atomic mass is 35.5. The minimum Gasteiger partial charge on any atom is -0.381 e. The molecule has 0 aromatic carbocycles. The van der Waals surface area contributed by atoms with Gasteiger partial charge < -0.3 is 9.47 Å². The van der Waals surface area contributed by atoms with E-state index in [1.165, 1.54) is 19.3 Å². The molecule has 76 valence electrons. The van der Waals surface area contributed by atoms with Crippen LogP contribution < -0.4 is 0 Å². The molecule has 0 aromatic rings. The van der Waals surface area contributed by atoms with E-state index in [4.69, 9.17) is 21.1 Å². The normalized spacial score (nSPS) is 33.5. The van der Waals surface area contributed by atoms with Crippen molar-refractivity contribution in [3.05, 3.63) is 0 Å². The van der Waals surface area contributed by atoms with Crippen LogP contribution in [-0.4, -0.2) is 31.8 Å². The van der Waals surface area contributed by atoms with Crippen LogP contribution in [0.3, 0.4) is 0 Å². The molecule has 2 heterocycles. The monoisotopic (exact) mass is 204 g/mol. The van der Waals surface area contributed by atoms with Gasteiger partial charge in [-0.1, -0.05) is 0 Å². The Labute approximate surface area is 84.5 Å². The van der Waals surface area contributed by atoms with Crippen molar-refractivity contribution < 1.29 is 9.47 Å². The first-order chi connectivity index (χ1) is 6.35. The summed E-state index contributed by atoms with van der Waals surface area (Å²) in [6.45, 7) is 2.72. The van der Waals surface area contributed by atoms with E-state index in [2.05, 4.69) is 0 Å². The standard InChI is InChI=1S/C10H17ClO2/c11-7-9-1-2-10(8-13-9)3-5-12-6-4-10/h9H,1-8H2. The molecule has 2 aliphatic rings. The highest BCUT2D eigenvalue weighted by Crippen LogP contribution is 2.39. The molecule has 0 aromatic heterocycles. The molecular weight excluding hydrogens is 188 g/mol. The van der Waals surface area contributed by atoms with Crippen LogP contribution in [0.1, 0.15) is 25.7 Å². The summed E-state index contributed by atoms with van der Waals surface area (Å²) < 4.78 is 11.1. The van der Waals surface area contributed by atoms with Gasteiger partial charge in [-0.2, -0.15) is 0 Å². The van der Waals surface area contributed by atoms with Gasteiger partial charge in [-0.25, -0.2) is 0 Å². The lowest BCUT2D eigenvalue weighted by molar-refractivity contribution is -0.0983. The van der Waals surface area contributed by atoms with E-state index in [1.54, 1.807) is 0 Å². The summed E-state index contributed by atoms with van der Waals surface area (Å²) in [4.78, 5) is 0. The highest BCUT2D eigenvalue weighted by Gasteiger charge is 2.37. The molecule has 1 atom stereocenters. The Morgan fingerprint density at radius 1 is 1.23 bits per heavy atom. The highest BCUT2D eigenvalue weighted by molar-refractivity contribution is 6.18. The Balaban J connectivity index is 1.87. The number of ether oxygens (including phenoxy) is 2. The first-order valence-electron chi connectivity index (χ1n) is 5.10. The molecule has 2 saturated heterocycles. The minimum absolute atomic E-state index is 0.301. The zero-order valence-corrected chi connectivity index (χ0v) is 8.68. The Morgan fingerprint density at radius 2 is 2.00 bits per heavy atom. The molecule has 13 heavy (non-hydrogen) atoms. The zero-order valence-electron chi connectivity index (χ0n) is 7.93. The molecule has 2 nitrogen and oxygen atoms in total. The lowest BCUT2D eigenvalue weighted by atomic mass is 9.75. The second-order valence-electron chi connectivity index (χ2n) is 4.24. The lowest BCUT2D eigenvalue weighted by Gasteiger charge is -2.42. The fourth-order valence-electron chi connectivity index (χ4n) is 2.24. The van der Waals surface area contributed by atoms with E-state index in [-0.39, 0.29) is 0 Å². The maximum atomic E-state index is 5.76. The van der Waals surface area contributed by atoms with E-state index in [9.17, 15) is 0 Å². The lowest BCUT2D eigenvalue weighted by Crippen LogP contribution is -2.40. The van der Waals surface area contributed by atoms with Gasteiger partial charge in [0.15, 0.2) is 0 Å². The van der Waals surface area contributed by atoms with Crippen molar-refractivity contribution in [1.29, 1.82) is 0 Å². The molecule has 0 saturated carbocycles. The Kier molecular flexibility index (Phi) is 3.12. The maximum absolute atomic E-state index is 5.76. The van der Waals surface area contributed by atoms with Crippen LogP contribution in [0.25, 0.3) is 0 Å². The summed E-state index contributed by atoms with van der Waals surface area (Å²) in [5.41, 5.74) is 0.431. The van der Waals surface area contributed by atoms with Crippen LogP contribution in [0.5, 0.6) is 0 Å². The molecule has 3 heteroatoms. The van der Waals surface area contributed by atoms with Crippen LogP contribution >= 0.6 is 11.6 Å². The van der Waals surface area contributed by atoms with Gasteiger partial charge in [-0.05, 0) is 31.1 Å². The predicted octanol–water partition coefficient (Wildman–Crippen LogP) is 2.20. The first-order valence-corrected chi connectivity index (χ1v) is 5.63. The van der Waals surface area contributed by atoms with Gasteiger partial charge in [-0.15, -0.1) is 11.6 Å². The molecule has 2 rings (SSSR count).